The molecule has 1 aromatic heterocycles. The summed E-state index contributed by atoms with van der Waals surface area (Å²) < 4.78 is 23.0. The monoisotopic (exact) mass is 475 g/mol. The number of sulfonamides is 1. The van der Waals surface area contributed by atoms with Gasteiger partial charge >= 0.3 is 0 Å². The van der Waals surface area contributed by atoms with Crippen molar-refractivity contribution in [3.63, 3.8) is 0 Å². The molecule has 10 heteroatoms. The number of benzene rings is 1. The van der Waals surface area contributed by atoms with E-state index in [1.165, 1.54) is 35.6 Å². The molecule has 1 saturated carbocycles. The third-order valence-electron chi connectivity index (χ3n) is 6.07. The molecule has 1 aromatic carbocycles. The molecule has 2 heterocycles. The lowest BCUT2D eigenvalue weighted by Crippen LogP contribution is -2.50. The molecule has 2 fully saturated rings. The van der Waals surface area contributed by atoms with Gasteiger partial charge in [0.15, 0.2) is 0 Å². The van der Waals surface area contributed by atoms with E-state index >= 15 is 0 Å². The van der Waals surface area contributed by atoms with Crippen LogP contribution >= 0.6 is 11.3 Å². The lowest BCUT2D eigenvalue weighted by molar-refractivity contribution is -0.123. The fourth-order valence-corrected chi connectivity index (χ4v) is 5.70. The normalized spacial score (nSPS) is 20.4. The Morgan fingerprint density at radius 3 is 2.25 bits per heavy atom. The lowest BCUT2D eigenvalue weighted by atomic mass is 10.0. The SMILES string of the molecule is NS(=O)(=O)c1ccc(N2C(=O)CC(N(C(=O)c3cccs3)C3CCCCCC3)C2=O)cc1. The van der Waals surface area contributed by atoms with Crippen molar-refractivity contribution in [2.75, 3.05) is 4.90 Å². The molecule has 8 nitrogen and oxygen atoms in total. The summed E-state index contributed by atoms with van der Waals surface area (Å²) in [4.78, 5) is 42.8. The van der Waals surface area contributed by atoms with E-state index in [0.717, 1.165) is 43.4 Å². The van der Waals surface area contributed by atoms with Gasteiger partial charge in [-0.15, -0.1) is 11.3 Å². The van der Waals surface area contributed by atoms with E-state index in [0.29, 0.717) is 4.88 Å². The number of carbonyl (C=O) groups excluding carboxylic acids is 3. The Hall–Kier alpha value is -2.56. The number of hydrogen-bond donors (Lipinski definition) is 1. The van der Waals surface area contributed by atoms with E-state index in [9.17, 15) is 22.8 Å². The largest absolute Gasteiger partial charge is 0.322 e. The molecule has 1 aliphatic carbocycles. The van der Waals surface area contributed by atoms with E-state index < -0.39 is 27.9 Å². The highest BCUT2D eigenvalue weighted by Gasteiger charge is 2.46. The van der Waals surface area contributed by atoms with Gasteiger partial charge in [-0.1, -0.05) is 31.7 Å². The number of rotatable bonds is 5. The number of primary sulfonamides is 1. The van der Waals surface area contributed by atoms with Gasteiger partial charge in [0.1, 0.15) is 6.04 Å². The van der Waals surface area contributed by atoms with E-state index in [2.05, 4.69) is 0 Å². The predicted octanol–water partition coefficient (Wildman–Crippen LogP) is 2.89. The van der Waals surface area contributed by atoms with Crippen LogP contribution in [0.4, 0.5) is 5.69 Å². The van der Waals surface area contributed by atoms with Crippen molar-refractivity contribution < 1.29 is 22.8 Å². The lowest BCUT2D eigenvalue weighted by Gasteiger charge is -2.34. The average molecular weight is 476 g/mol. The number of hydrogen-bond acceptors (Lipinski definition) is 6. The minimum Gasteiger partial charge on any atom is -0.322 e. The van der Waals surface area contributed by atoms with Crippen LogP contribution in [0.25, 0.3) is 0 Å². The molecule has 1 unspecified atom stereocenters. The summed E-state index contributed by atoms with van der Waals surface area (Å²) in [5.74, 6) is -1.10. The maximum Gasteiger partial charge on any atom is 0.264 e. The zero-order valence-electron chi connectivity index (χ0n) is 17.5. The second-order valence-electron chi connectivity index (χ2n) is 8.16. The number of imide groups is 1. The summed E-state index contributed by atoms with van der Waals surface area (Å²) in [5.41, 5.74) is 0.263. The van der Waals surface area contributed by atoms with Crippen LogP contribution in [0.2, 0.25) is 0 Å². The van der Waals surface area contributed by atoms with Gasteiger partial charge in [0.2, 0.25) is 15.9 Å². The van der Waals surface area contributed by atoms with Gasteiger partial charge in [0, 0.05) is 6.04 Å². The van der Waals surface area contributed by atoms with Crippen LogP contribution in [-0.2, 0) is 19.6 Å². The fraction of sp³-hybridized carbons (Fsp3) is 0.409. The van der Waals surface area contributed by atoms with Crippen LogP contribution in [0.5, 0.6) is 0 Å². The molecule has 1 atom stereocenters. The zero-order chi connectivity index (χ0) is 22.9. The third kappa shape index (κ3) is 4.48. The Bertz CT molecular complexity index is 1100. The fourth-order valence-electron chi connectivity index (χ4n) is 4.51. The average Bonchev–Trinajstić information content (AvgIpc) is 3.29. The van der Waals surface area contributed by atoms with Crippen molar-refractivity contribution in [2.45, 2.75) is 61.9 Å². The van der Waals surface area contributed by atoms with Gasteiger partial charge < -0.3 is 4.90 Å². The van der Waals surface area contributed by atoms with E-state index in [1.807, 2.05) is 5.38 Å². The molecule has 0 bridgehead atoms. The highest BCUT2D eigenvalue weighted by molar-refractivity contribution is 7.89. The summed E-state index contributed by atoms with van der Waals surface area (Å²) in [6.45, 7) is 0. The minimum atomic E-state index is -3.89. The van der Waals surface area contributed by atoms with Crippen molar-refractivity contribution in [1.82, 2.24) is 4.90 Å². The standard InChI is InChI=1S/C22H25N3O5S2/c23-32(29,30)17-11-9-16(10-12-17)25-20(26)14-18(21(25)27)24(15-6-3-1-2-4-7-15)22(28)19-8-5-13-31-19/h5,8-13,15,18H,1-4,6-7,14H2,(H2,23,29,30). The Morgan fingerprint density at radius 1 is 1.03 bits per heavy atom. The molecular formula is C22H25N3O5S2. The molecule has 0 spiro atoms. The Kier molecular flexibility index (Phi) is 6.45. The van der Waals surface area contributed by atoms with Crippen molar-refractivity contribution >= 4 is 44.8 Å². The number of thiophene rings is 1. The summed E-state index contributed by atoms with van der Waals surface area (Å²) in [5, 5.41) is 6.95. The summed E-state index contributed by atoms with van der Waals surface area (Å²) in [6, 6.07) is 7.85. The number of carbonyl (C=O) groups is 3. The molecule has 0 radical (unpaired) electrons. The van der Waals surface area contributed by atoms with Crippen LogP contribution in [-0.4, -0.2) is 43.1 Å². The predicted molar refractivity (Wildman–Crippen MR) is 121 cm³/mol. The van der Waals surface area contributed by atoms with E-state index in [4.69, 9.17) is 5.14 Å². The van der Waals surface area contributed by atoms with Gasteiger partial charge in [-0.2, -0.15) is 0 Å². The maximum absolute atomic E-state index is 13.4. The number of amides is 3. The van der Waals surface area contributed by atoms with Gasteiger partial charge in [0.25, 0.3) is 11.8 Å². The second kappa shape index (κ2) is 9.13. The molecule has 170 valence electrons. The Balaban J connectivity index is 1.65. The molecule has 1 saturated heterocycles. The minimum absolute atomic E-state index is 0.0939. The first-order valence-corrected chi connectivity index (χ1v) is 13.1. The number of nitrogens with zero attached hydrogens (tertiary/aromatic N) is 2. The number of nitrogens with two attached hydrogens (primary N) is 1. The van der Waals surface area contributed by atoms with Gasteiger partial charge in [-0.05, 0) is 48.6 Å². The van der Waals surface area contributed by atoms with Crippen LogP contribution < -0.4 is 10.0 Å². The van der Waals surface area contributed by atoms with Crippen LogP contribution in [0.3, 0.4) is 0 Å². The Labute approximate surface area is 191 Å². The highest BCUT2D eigenvalue weighted by atomic mass is 32.2. The highest BCUT2D eigenvalue weighted by Crippen LogP contribution is 2.32. The van der Waals surface area contributed by atoms with Crippen molar-refractivity contribution in [3.8, 4) is 0 Å². The smallest absolute Gasteiger partial charge is 0.264 e. The quantitative estimate of drug-likeness (QED) is 0.527. The maximum atomic E-state index is 13.4. The third-order valence-corrected chi connectivity index (χ3v) is 7.85. The van der Waals surface area contributed by atoms with Crippen molar-refractivity contribution in [2.24, 2.45) is 5.14 Å². The molecule has 4 rings (SSSR count). The van der Waals surface area contributed by atoms with Gasteiger partial charge in [-0.25, -0.2) is 18.5 Å². The van der Waals surface area contributed by atoms with Crippen LogP contribution in [0.1, 0.15) is 54.6 Å². The molecule has 1 aliphatic heterocycles. The topological polar surface area (TPSA) is 118 Å². The van der Waals surface area contributed by atoms with E-state index in [-0.39, 0.29) is 29.0 Å². The van der Waals surface area contributed by atoms with Crippen LogP contribution in [0, 0.1) is 0 Å². The molecule has 2 aliphatic rings. The second-order valence-corrected chi connectivity index (χ2v) is 10.7. The van der Waals surface area contributed by atoms with Crippen LogP contribution in [0.15, 0.2) is 46.7 Å². The summed E-state index contributed by atoms with van der Waals surface area (Å²) in [6.07, 6.45) is 5.66. The zero-order valence-corrected chi connectivity index (χ0v) is 19.1. The van der Waals surface area contributed by atoms with E-state index in [1.54, 1.807) is 17.0 Å². The first kappa shape index (κ1) is 22.6. The first-order valence-electron chi connectivity index (χ1n) is 10.6. The molecule has 2 aromatic rings. The molecule has 32 heavy (non-hydrogen) atoms. The van der Waals surface area contributed by atoms with Crippen molar-refractivity contribution in [1.29, 1.82) is 0 Å². The Morgan fingerprint density at radius 2 is 1.69 bits per heavy atom. The molecular weight excluding hydrogens is 450 g/mol. The van der Waals surface area contributed by atoms with Gasteiger partial charge in [-0.3, -0.25) is 14.4 Å². The summed E-state index contributed by atoms with van der Waals surface area (Å²) in [7, 11) is -3.89. The first-order chi connectivity index (χ1) is 15.3. The summed E-state index contributed by atoms with van der Waals surface area (Å²) >= 11 is 1.32. The van der Waals surface area contributed by atoms with Crippen molar-refractivity contribution in [3.05, 3.63) is 46.7 Å². The molecule has 3 amide bonds. The van der Waals surface area contributed by atoms with Gasteiger partial charge in [0.05, 0.1) is 21.9 Å². The molecule has 2 N–H and O–H groups in total. The number of anilines is 1.